The minimum Gasteiger partial charge on any atom is -0.258 e. The minimum atomic E-state index is -2.64. The first-order chi connectivity index (χ1) is 7.00. The van der Waals surface area contributed by atoms with Gasteiger partial charge in [0.15, 0.2) is 0 Å². The normalized spacial score (nSPS) is 23.2. The summed E-state index contributed by atoms with van der Waals surface area (Å²) in [6.07, 6.45) is 0.361. The number of non-ortho nitro benzene ring substituents is 1. The van der Waals surface area contributed by atoms with Crippen LogP contribution in [-0.4, -0.2) is 10.8 Å². The maximum absolute atomic E-state index is 13.0. The molecule has 1 aliphatic carbocycles. The molecule has 1 fully saturated rings. The van der Waals surface area contributed by atoms with E-state index in [1.165, 1.54) is 24.3 Å². The standard InChI is InChI=1S/C10H9F2NO2/c11-10(12)6-5-9(10)7-1-3-8(4-2-7)13(14)15/h1-4,9H,5-6H2. The lowest BCUT2D eigenvalue weighted by atomic mass is 9.76. The highest BCUT2D eigenvalue weighted by molar-refractivity contribution is 5.36. The lowest BCUT2D eigenvalue weighted by Crippen LogP contribution is -2.36. The summed E-state index contributed by atoms with van der Waals surface area (Å²) < 4.78 is 26.0. The predicted octanol–water partition coefficient (Wildman–Crippen LogP) is 3.11. The number of rotatable bonds is 2. The van der Waals surface area contributed by atoms with Crippen LogP contribution in [0.4, 0.5) is 14.5 Å². The van der Waals surface area contributed by atoms with Gasteiger partial charge in [0.25, 0.3) is 11.6 Å². The van der Waals surface area contributed by atoms with E-state index in [0.29, 0.717) is 12.0 Å². The first kappa shape index (κ1) is 10.0. The van der Waals surface area contributed by atoms with Gasteiger partial charge in [-0.2, -0.15) is 0 Å². The van der Waals surface area contributed by atoms with E-state index < -0.39 is 16.8 Å². The Labute approximate surface area is 84.9 Å². The molecule has 1 atom stereocenters. The molecule has 0 N–H and O–H groups in total. The van der Waals surface area contributed by atoms with E-state index in [4.69, 9.17) is 0 Å². The fraction of sp³-hybridized carbons (Fsp3) is 0.400. The second kappa shape index (κ2) is 3.25. The van der Waals surface area contributed by atoms with Gasteiger partial charge in [-0.1, -0.05) is 12.1 Å². The molecule has 1 aliphatic rings. The van der Waals surface area contributed by atoms with Crippen LogP contribution in [0.1, 0.15) is 24.3 Å². The van der Waals surface area contributed by atoms with Gasteiger partial charge in [0.1, 0.15) is 0 Å². The highest BCUT2D eigenvalue weighted by atomic mass is 19.3. The third-order valence-electron chi connectivity index (χ3n) is 2.78. The van der Waals surface area contributed by atoms with Crippen LogP contribution in [0.5, 0.6) is 0 Å². The lowest BCUT2D eigenvalue weighted by Gasteiger charge is -2.36. The van der Waals surface area contributed by atoms with Crippen molar-refractivity contribution in [2.75, 3.05) is 0 Å². The molecular weight excluding hydrogens is 204 g/mol. The van der Waals surface area contributed by atoms with Crippen molar-refractivity contribution in [1.82, 2.24) is 0 Å². The van der Waals surface area contributed by atoms with Crippen molar-refractivity contribution in [3.63, 3.8) is 0 Å². The molecular formula is C10H9F2NO2. The van der Waals surface area contributed by atoms with Gasteiger partial charge in [-0.15, -0.1) is 0 Å². The van der Waals surface area contributed by atoms with Crippen LogP contribution in [0.25, 0.3) is 0 Å². The Hall–Kier alpha value is -1.52. The Morgan fingerprint density at radius 1 is 1.33 bits per heavy atom. The third-order valence-corrected chi connectivity index (χ3v) is 2.78. The molecule has 2 rings (SSSR count). The van der Waals surface area contributed by atoms with Crippen molar-refractivity contribution < 1.29 is 13.7 Å². The summed E-state index contributed by atoms with van der Waals surface area (Å²) in [5.74, 6) is -3.41. The zero-order chi connectivity index (χ0) is 11.1. The van der Waals surface area contributed by atoms with Crippen molar-refractivity contribution in [3.05, 3.63) is 39.9 Å². The van der Waals surface area contributed by atoms with Gasteiger partial charge in [-0.3, -0.25) is 10.1 Å². The molecule has 80 valence electrons. The number of alkyl halides is 2. The van der Waals surface area contributed by atoms with Crippen LogP contribution in [0, 0.1) is 10.1 Å². The molecule has 0 amide bonds. The van der Waals surface area contributed by atoms with Gasteiger partial charge in [0.05, 0.1) is 4.92 Å². The summed E-state index contributed by atoms with van der Waals surface area (Å²) in [5.41, 5.74) is 0.415. The molecule has 1 saturated carbocycles. The SMILES string of the molecule is O=[N+]([O-])c1ccc(C2CCC2(F)F)cc1. The highest BCUT2D eigenvalue weighted by Crippen LogP contribution is 2.49. The van der Waals surface area contributed by atoms with E-state index in [0.717, 1.165) is 0 Å². The molecule has 0 aromatic heterocycles. The summed E-state index contributed by atoms with van der Waals surface area (Å²) in [6.45, 7) is 0. The minimum absolute atomic E-state index is 0.0682. The number of hydrogen-bond acceptors (Lipinski definition) is 2. The van der Waals surface area contributed by atoms with E-state index >= 15 is 0 Å². The molecule has 0 bridgehead atoms. The number of nitro groups is 1. The maximum Gasteiger partial charge on any atom is 0.269 e. The van der Waals surface area contributed by atoms with Crippen molar-refractivity contribution in [2.45, 2.75) is 24.7 Å². The van der Waals surface area contributed by atoms with Gasteiger partial charge >= 0.3 is 0 Å². The van der Waals surface area contributed by atoms with Crippen molar-refractivity contribution in [3.8, 4) is 0 Å². The fourth-order valence-electron chi connectivity index (χ4n) is 1.75. The quantitative estimate of drug-likeness (QED) is 0.559. The van der Waals surface area contributed by atoms with Gasteiger partial charge in [-0.05, 0) is 12.0 Å². The van der Waals surface area contributed by atoms with Gasteiger partial charge < -0.3 is 0 Å². The number of nitro benzene ring substituents is 1. The monoisotopic (exact) mass is 213 g/mol. The molecule has 1 aromatic carbocycles. The highest BCUT2D eigenvalue weighted by Gasteiger charge is 2.48. The van der Waals surface area contributed by atoms with E-state index in [9.17, 15) is 18.9 Å². The largest absolute Gasteiger partial charge is 0.269 e. The Morgan fingerprint density at radius 3 is 2.27 bits per heavy atom. The predicted molar refractivity (Wildman–Crippen MR) is 50.0 cm³/mol. The van der Waals surface area contributed by atoms with Gasteiger partial charge in [-0.25, -0.2) is 8.78 Å². The zero-order valence-corrected chi connectivity index (χ0v) is 7.82. The van der Waals surface area contributed by atoms with Gasteiger partial charge in [0, 0.05) is 24.5 Å². The molecule has 15 heavy (non-hydrogen) atoms. The number of halogens is 2. The van der Waals surface area contributed by atoms with Crippen LogP contribution >= 0.6 is 0 Å². The molecule has 1 aromatic rings. The van der Waals surface area contributed by atoms with E-state index in [1.54, 1.807) is 0 Å². The Bertz CT molecular complexity index is 389. The summed E-state index contributed by atoms with van der Waals surface area (Å²) in [7, 11) is 0. The van der Waals surface area contributed by atoms with Crippen molar-refractivity contribution in [1.29, 1.82) is 0 Å². The molecule has 1 unspecified atom stereocenters. The maximum atomic E-state index is 13.0. The van der Waals surface area contributed by atoms with E-state index in [-0.39, 0.29) is 12.1 Å². The third kappa shape index (κ3) is 1.69. The first-order valence-electron chi connectivity index (χ1n) is 4.63. The Morgan fingerprint density at radius 2 is 1.93 bits per heavy atom. The summed E-state index contributed by atoms with van der Waals surface area (Å²) in [6, 6.07) is 5.36. The van der Waals surface area contributed by atoms with Crippen molar-refractivity contribution >= 4 is 5.69 Å². The Kier molecular flexibility index (Phi) is 2.17. The van der Waals surface area contributed by atoms with Crippen LogP contribution in [0.3, 0.4) is 0 Å². The average Bonchev–Trinajstić information content (AvgIpc) is 2.17. The van der Waals surface area contributed by atoms with Crippen LogP contribution in [0.2, 0.25) is 0 Å². The summed E-state index contributed by atoms with van der Waals surface area (Å²) in [4.78, 5) is 9.81. The topological polar surface area (TPSA) is 43.1 Å². The second-order valence-corrected chi connectivity index (χ2v) is 3.70. The smallest absolute Gasteiger partial charge is 0.258 e. The second-order valence-electron chi connectivity index (χ2n) is 3.70. The molecule has 0 radical (unpaired) electrons. The first-order valence-corrected chi connectivity index (χ1v) is 4.63. The molecule has 0 spiro atoms. The van der Waals surface area contributed by atoms with Crippen LogP contribution in [0.15, 0.2) is 24.3 Å². The van der Waals surface area contributed by atoms with Crippen LogP contribution in [-0.2, 0) is 0 Å². The molecule has 0 aliphatic heterocycles. The zero-order valence-electron chi connectivity index (χ0n) is 7.82. The van der Waals surface area contributed by atoms with Crippen LogP contribution < -0.4 is 0 Å². The molecule has 0 saturated heterocycles. The molecule has 0 heterocycles. The summed E-state index contributed by atoms with van der Waals surface area (Å²) in [5, 5.41) is 10.4. The number of hydrogen-bond donors (Lipinski definition) is 0. The fourth-order valence-corrected chi connectivity index (χ4v) is 1.75. The van der Waals surface area contributed by atoms with E-state index in [2.05, 4.69) is 0 Å². The summed E-state index contributed by atoms with van der Waals surface area (Å²) >= 11 is 0. The molecule has 5 heteroatoms. The Balaban J connectivity index is 2.21. The molecule has 3 nitrogen and oxygen atoms in total. The van der Waals surface area contributed by atoms with E-state index in [1.807, 2.05) is 0 Å². The van der Waals surface area contributed by atoms with Crippen molar-refractivity contribution in [2.24, 2.45) is 0 Å². The average molecular weight is 213 g/mol. The number of nitrogens with zero attached hydrogens (tertiary/aromatic N) is 1. The van der Waals surface area contributed by atoms with Gasteiger partial charge in [0.2, 0.25) is 0 Å². The number of benzene rings is 1. The lowest BCUT2D eigenvalue weighted by molar-refractivity contribution is -0.384.